The maximum Gasteiger partial charge on any atom is 0.262 e. The molecule has 1 aromatic carbocycles. The summed E-state index contributed by atoms with van der Waals surface area (Å²) in [6, 6.07) is 8.99. The molecule has 1 atom stereocenters. The first-order chi connectivity index (χ1) is 12.5. The van der Waals surface area contributed by atoms with Gasteiger partial charge in [-0.1, -0.05) is 11.8 Å². The van der Waals surface area contributed by atoms with Gasteiger partial charge >= 0.3 is 0 Å². The quantitative estimate of drug-likeness (QED) is 0.516. The lowest BCUT2D eigenvalue weighted by Gasteiger charge is -2.13. The number of fused-ring (bicyclic) bond motifs is 1. The fourth-order valence-corrected chi connectivity index (χ4v) is 4.02. The molecule has 0 aliphatic heterocycles. The summed E-state index contributed by atoms with van der Waals surface area (Å²) >= 11 is 2.68. The number of amides is 1. The standard InChI is InChI=1S/C18H19N3O3S2/c1-4-24-13-7-5-12(6-8-13)19-15(22)11(2)26-18-20-16-14(9-10-25-16)17(23)21(18)3/h5-11H,4H2,1-3H3,(H,19,22). The topological polar surface area (TPSA) is 73.2 Å². The van der Waals surface area contributed by atoms with Crippen molar-refractivity contribution in [3.05, 3.63) is 46.1 Å². The molecule has 0 aliphatic carbocycles. The fraction of sp³-hybridized carbons (Fsp3) is 0.278. The first-order valence-electron chi connectivity index (χ1n) is 8.14. The lowest BCUT2D eigenvalue weighted by molar-refractivity contribution is -0.115. The van der Waals surface area contributed by atoms with Crippen LogP contribution >= 0.6 is 23.1 Å². The lowest BCUT2D eigenvalue weighted by Crippen LogP contribution is -2.25. The van der Waals surface area contributed by atoms with E-state index in [-0.39, 0.29) is 11.5 Å². The highest BCUT2D eigenvalue weighted by atomic mass is 32.2. The Bertz CT molecular complexity index is 980. The van der Waals surface area contributed by atoms with Gasteiger partial charge in [0, 0.05) is 12.7 Å². The van der Waals surface area contributed by atoms with Gasteiger partial charge in [0.15, 0.2) is 5.16 Å². The number of thioether (sulfide) groups is 1. The third kappa shape index (κ3) is 3.91. The number of carbonyl (C=O) groups is 1. The second-order valence-corrected chi connectivity index (χ2v) is 7.81. The predicted octanol–water partition coefficient (Wildman–Crippen LogP) is 3.51. The predicted molar refractivity (Wildman–Crippen MR) is 106 cm³/mol. The van der Waals surface area contributed by atoms with Crippen molar-refractivity contribution in [1.29, 1.82) is 0 Å². The molecule has 3 rings (SSSR count). The second kappa shape index (κ2) is 7.92. The van der Waals surface area contributed by atoms with Crippen molar-refractivity contribution in [3.8, 4) is 5.75 Å². The molecule has 0 saturated heterocycles. The van der Waals surface area contributed by atoms with Crippen molar-refractivity contribution >= 4 is 44.9 Å². The average Bonchev–Trinajstić information content (AvgIpc) is 3.10. The molecular weight excluding hydrogens is 370 g/mol. The Hall–Kier alpha value is -2.32. The van der Waals surface area contributed by atoms with Crippen LogP contribution in [0.1, 0.15) is 13.8 Å². The van der Waals surface area contributed by atoms with E-state index >= 15 is 0 Å². The molecule has 136 valence electrons. The third-order valence-electron chi connectivity index (χ3n) is 3.75. The molecule has 8 heteroatoms. The van der Waals surface area contributed by atoms with Gasteiger partial charge < -0.3 is 10.1 Å². The molecule has 2 aromatic heterocycles. The zero-order valence-electron chi connectivity index (χ0n) is 14.7. The molecule has 0 radical (unpaired) electrons. The van der Waals surface area contributed by atoms with E-state index in [1.807, 2.05) is 24.4 Å². The van der Waals surface area contributed by atoms with Crippen molar-refractivity contribution in [2.75, 3.05) is 11.9 Å². The Morgan fingerprint density at radius 2 is 2.08 bits per heavy atom. The molecule has 0 fully saturated rings. The van der Waals surface area contributed by atoms with Crippen molar-refractivity contribution in [3.63, 3.8) is 0 Å². The van der Waals surface area contributed by atoms with E-state index in [2.05, 4.69) is 10.3 Å². The Kier molecular flexibility index (Phi) is 5.63. The highest BCUT2D eigenvalue weighted by Gasteiger charge is 2.18. The number of anilines is 1. The number of rotatable bonds is 6. The average molecular weight is 390 g/mol. The molecule has 6 nitrogen and oxygen atoms in total. The number of carbonyl (C=O) groups excluding carboxylic acids is 1. The molecule has 3 aromatic rings. The van der Waals surface area contributed by atoms with Crippen LogP contribution in [0.2, 0.25) is 0 Å². The fourth-order valence-electron chi connectivity index (χ4n) is 2.34. The summed E-state index contributed by atoms with van der Waals surface area (Å²) in [6.07, 6.45) is 0. The summed E-state index contributed by atoms with van der Waals surface area (Å²) in [5.41, 5.74) is 0.597. The van der Waals surface area contributed by atoms with Crippen molar-refractivity contribution in [2.45, 2.75) is 24.3 Å². The van der Waals surface area contributed by atoms with Crippen LogP contribution in [0.15, 0.2) is 45.7 Å². The van der Waals surface area contributed by atoms with Crippen LogP contribution < -0.4 is 15.6 Å². The Morgan fingerprint density at radius 1 is 1.35 bits per heavy atom. The van der Waals surface area contributed by atoms with Crippen LogP contribution in [-0.4, -0.2) is 27.3 Å². The highest BCUT2D eigenvalue weighted by molar-refractivity contribution is 8.00. The summed E-state index contributed by atoms with van der Waals surface area (Å²) in [5, 5.41) is 5.44. The van der Waals surface area contributed by atoms with E-state index in [1.165, 1.54) is 27.7 Å². The van der Waals surface area contributed by atoms with Gasteiger partial charge in [0.2, 0.25) is 5.91 Å². The Balaban J connectivity index is 1.71. The number of hydrogen-bond acceptors (Lipinski definition) is 6. The number of nitrogens with zero attached hydrogens (tertiary/aromatic N) is 2. The van der Waals surface area contributed by atoms with Gasteiger partial charge in [-0.3, -0.25) is 14.2 Å². The molecule has 1 amide bonds. The van der Waals surface area contributed by atoms with E-state index in [1.54, 1.807) is 32.2 Å². The largest absolute Gasteiger partial charge is 0.494 e. The zero-order valence-corrected chi connectivity index (χ0v) is 16.3. The maximum atomic E-state index is 12.5. The number of nitrogens with one attached hydrogen (secondary N) is 1. The summed E-state index contributed by atoms with van der Waals surface area (Å²) in [6.45, 7) is 4.31. The van der Waals surface area contributed by atoms with Gasteiger partial charge in [-0.2, -0.15) is 0 Å². The Labute approximate surface area is 159 Å². The first-order valence-corrected chi connectivity index (χ1v) is 9.90. The monoisotopic (exact) mass is 389 g/mol. The van der Waals surface area contributed by atoms with Crippen LogP contribution in [0.4, 0.5) is 5.69 Å². The number of aromatic nitrogens is 2. The van der Waals surface area contributed by atoms with Gasteiger partial charge in [0.1, 0.15) is 10.6 Å². The van der Waals surface area contributed by atoms with Crippen LogP contribution in [0.3, 0.4) is 0 Å². The molecule has 0 spiro atoms. The molecule has 0 aliphatic rings. The van der Waals surface area contributed by atoms with E-state index in [4.69, 9.17) is 4.74 Å². The highest BCUT2D eigenvalue weighted by Crippen LogP contribution is 2.25. The molecule has 1 unspecified atom stereocenters. The van der Waals surface area contributed by atoms with Crippen LogP contribution in [0.25, 0.3) is 10.2 Å². The Morgan fingerprint density at radius 3 is 2.77 bits per heavy atom. The molecular formula is C18H19N3O3S2. The molecule has 2 heterocycles. The third-order valence-corrected chi connectivity index (χ3v) is 5.70. The SMILES string of the molecule is CCOc1ccc(NC(=O)C(C)Sc2nc3sccc3c(=O)n2C)cc1. The summed E-state index contributed by atoms with van der Waals surface area (Å²) < 4.78 is 6.88. The number of benzene rings is 1. The normalized spacial score (nSPS) is 12.1. The van der Waals surface area contributed by atoms with Gasteiger partial charge in [-0.25, -0.2) is 4.98 Å². The maximum absolute atomic E-state index is 12.5. The van der Waals surface area contributed by atoms with Crippen molar-refractivity contribution in [2.24, 2.45) is 7.05 Å². The summed E-state index contributed by atoms with van der Waals surface area (Å²) in [4.78, 5) is 30.0. The van der Waals surface area contributed by atoms with E-state index < -0.39 is 5.25 Å². The van der Waals surface area contributed by atoms with Gasteiger partial charge in [0.25, 0.3) is 5.56 Å². The minimum Gasteiger partial charge on any atom is -0.494 e. The first kappa shape index (κ1) is 18.5. The molecule has 1 N–H and O–H groups in total. The van der Waals surface area contributed by atoms with Gasteiger partial charge in [-0.05, 0) is 49.6 Å². The molecule has 0 bridgehead atoms. The minimum atomic E-state index is -0.405. The minimum absolute atomic E-state index is 0.0992. The van der Waals surface area contributed by atoms with Crippen LogP contribution in [-0.2, 0) is 11.8 Å². The lowest BCUT2D eigenvalue weighted by atomic mass is 10.3. The van der Waals surface area contributed by atoms with E-state index in [0.29, 0.717) is 27.7 Å². The van der Waals surface area contributed by atoms with Crippen molar-refractivity contribution < 1.29 is 9.53 Å². The smallest absolute Gasteiger partial charge is 0.262 e. The van der Waals surface area contributed by atoms with Crippen LogP contribution in [0, 0.1) is 0 Å². The van der Waals surface area contributed by atoms with Gasteiger partial charge in [-0.15, -0.1) is 11.3 Å². The van der Waals surface area contributed by atoms with Gasteiger partial charge in [0.05, 0.1) is 17.2 Å². The molecule has 0 saturated carbocycles. The second-order valence-electron chi connectivity index (χ2n) is 5.60. The summed E-state index contributed by atoms with van der Waals surface area (Å²) in [7, 11) is 1.67. The molecule has 26 heavy (non-hydrogen) atoms. The van der Waals surface area contributed by atoms with E-state index in [0.717, 1.165) is 5.75 Å². The number of thiophene rings is 1. The number of ether oxygens (including phenoxy) is 1. The number of hydrogen-bond donors (Lipinski definition) is 1. The zero-order chi connectivity index (χ0) is 18.7. The summed E-state index contributed by atoms with van der Waals surface area (Å²) in [5.74, 6) is 0.607. The van der Waals surface area contributed by atoms with Crippen LogP contribution in [0.5, 0.6) is 5.75 Å². The van der Waals surface area contributed by atoms with E-state index in [9.17, 15) is 9.59 Å². The van der Waals surface area contributed by atoms with Crippen molar-refractivity contribution in [1.82, 2.24) is 9.55 Å².